The Morgan fingerprint density at radius 3 is 2.47 bits per heavy atom. The maximum Gasteiger partial charge on any atom is 0.283 e. The number of aryl methyl sites for hydroxylation is 1. The molecule has 7 nitrogen and oxygen atoms in total. The molecule has 1 atom stereocenters. The number of piperidine rings is 1. The van der Waals surface area contributed by atoms with E-state index in [0.29, 0.717) is 17.2 Å². The van der Waals surface area contributed by atoms with Gasteiger partial charge in [-0.2, -0.15) is 8.42 Å². The van der Waals surface area contributed by atoms with Crippen molar-refractivity contribution in [3.05, 3.63) is 78.2 Å². The van der Waals surface area contributed by atoms with E-state index in [1.54, 1.807) is 35.9 Å². The number of imidazole rings is 1. The predicted octanol–water partition coefficient (Wildman–Crippen LogP) is 3.69. The third kappa shape index (κ3) is 4.70. The fraction of sp³-hybridized carbons (Fsp3) is 0.333. The van der Waals surface area contributed by atoms with Gasteiger partial charge in [0.1, 0.15) is 0 Å². The van der Waals surface area contributed by atoms with Crippen LogP contribution in [0, 0.1) is 5.92 Å². The normalized spacial score (nSPS) is 16.7. The number of carbonyl (C=O) groups is 1. The maximum atomic E-state index is 13.4. The molecule has 3 aromatic rings. The van der Waals surface area contributed by atoms with Gasteiger partial charge in [0.25, 0.3) is 15.9 Å². The molecule has 8 heteroatoms. The number of sulfonamides is 1. The van der Waals surface area contributed by atoms with Gasteiger partial charge in [-0.05, 0) is 48.6 Å². The van der Waals surface area contributed by atoms with Crippen LogP contribution in [0.25, 0.3) is 0 Å². The van der Waals surface area contributed by atoms with E-state index in [1.165, 1.54) is 16.8 Å². The Hall–Kier alpha value is -3.13. The predicted molar refractivity (Wildman–Crippen MR) is 124 cm³/mol. The van der Waals surface area contributed by atoms with Crippen molar-refractivity contribution in [2.75, 3.05) is 17.4 Å². The number of amides is 1. The van der Waals surface area contributed by atoms with E-state index in [-0.39, 0.29) is 17.5 Å². The van der Waals surface area contributed by atoms with Gasteiger partial charge in [-0.1, -0.05) is 37.3 Å². The molecule has 1 unspecified atom stereocenters. The van der Waals surface area contributed by atoms with Gasteiger partial charge in [-0.15, -0.1) is 0 Å². The van der Waals surface area contributed by atoms with Crippen molar-refractivity contribution < 1.29 is 13.2 Å². The zero-order valence-corrected chi connectivity index (χ0v) is 19.2. The second-order valence-corrected chi connectivity index (χ2v) is 10.2. The first-order chi connectivity index (χ1) is 15.3. The average molecular weight is 453 g/mol. The molecule has 2 aromatic carbocycles. The molecule has 2 heterocycles. The number of nitrogens with zero attached hydrogens (tertiary/aromatic N) is 4. The standard InChI is InChI=1S/C24H28N4O3S/c1-19-7-6-14-27(15-19)24(29)21-10-12-22(13-11-21)28(16-20-8-4-3-5-9-20)32(30,31)23-17-26(2)18-25-23/h3-5,8-13,17-19H,6-7,14-16H2,1-2H3. The summed E-state index contributed by atoms with van der Waals surface area (Å²) in [6.07, 6.45) is 5.11. The van der Waals surface area contributed by atoms with Gasteiger partial charge in [0, 0.05) is 31.9 Å². The van der Waals surface area contributed by atoms with Crippen LogP contribution < -0.4 is 4.31 Å². The Bertz CT molecular complexity index is 1170. The van der Waals surface area contributed by atoms with Crippen molar-refractivity contribution in [2.24, 2.45) is 13.0 Å². The summed E-state index contributed by atoms with van der Waals surface area (Å²) in [5.74, 6) is 0.488. The van der Waals surface area contributed by atoms with Gasteiger partial charge in [0.15, 0.2) is 5.03 Å². The van der Waals surface area contributed by atoms with Crippen molar-refractivity contribution in [1.29, 1.82) is 0 Å². The molecular formula is C24H28N4O3S. The number of likely N-dealkylation sites (tertiary alicyclic amines) is 1. The highest BCUT2D eigenvalue weighted by atomic mass is 32.2. The summed E-state index contributed by atoms with van der Waals surface area (Å²) < 4.78 is 29.8. The first-order valence-corrected chi connectivity index (χ1v) is 12.2. The van der Waals surface area contributed by atoms with Gasteiger partial charge >= 0.3 is 0 Å². The summed E-state index contributed by atoms with van der Waals surface area (Å²) in [7, 11) is -2.15. The molecule has 1 aliphatic heterocycles. The van der Waals surface area contributed by atoms with Crippen molar-refractivity contribution >= 4 is 21.6 Å². The summed E-state index contributed by atoms with van der Waals surface area (Å²) in [5.41, 5.74) is 1.91. The minimum atomic E-state index is -3.89. The Balaban J connectivity index is 1.64. The van der Waals surface area contributed by atoms with E-state index in [9.17, 15) is 13.2 Å². The Kier molecular flexibility index (Phi) is 6.32. The van der Waals surface area contributed by atoms with Gasteiger partial charge in [0.2, 0.25) is 0 Å². The van der Waals surface area contributed by atoms with Crippen LogP contribution in [0.15, 0.2) is 72.1 Å². The van der Waals surface area contributed by atoms with Crippen LogP contribution in [0.5, 0.6) is 0 Å². The topological polar surface area (TPSA) is 75.5 Å². The van der Waals surface area contributed by atoms with Crippen LogP contribution in [0.4, 0.5) is 5.69 Å². The summed E-state index contributed by atoms with van der Waals surface area (Å²) in [4.78, 5) is 18.9. The molecule has 1 saturated heterocycles. The molecule has 168 valence electrons. The second-order valence-electron chi connectivity index (χ2n) is 8.42. The van der Waals surface area contributed by atoms with Gasteiger partial charge in [-0.25, -0.2) is 4.98 Å². The lowest BCUT2D eigenvalue weighted by molar-refractivity contribution is 0.0683. The smallest absolute Gasteiger partial charge is 0.283 e. The van der Waals surface area contributed by atoms with Crippen LogP contribution in [0.3, 0.4) is 0 Å². The summed E-state index contributed by atoms with van der Waals surface area (Å²) in [6.45, 7) is 3.84. The maximum absolute atomic E-state index is 13.4. The summed E-state index contributed by atoms with van der Waals surface area (Å²) in [5, 5.41) is -0.0154. The first kappa shape index (κ1) is 22.1. The molecule has 0 N–H and O–H groups in total. The summed E-state index contributed by atoms with van der Waals surface area (Å²) in [6, 6.07) is 16.2. The van der Waals surface area contributed by atoms with E-state index in [1.807, 2.05) is 35.2 Å². The van der Waals surface area contributed by atoms with Gasteiger partial charge < -0.3 is 9.47 Å². The Morgan fingerprint density at radius 2 is 1.84 bits per heavy atom. The van der Waals surface area contributed by atoms with Crippen molar-refractivity contribution in [1.82, 2.24) is 14.5 Å². The van der Waals surface area contributed by atoms with Crippen molar-refractivity contribution in [3.63, 3.8) is 0 Å². The van der Waals surface area contributed by atoms with Gasteiger partial charge in [-0.3, -0.25) is 9.10 Å². The minimum Gasteiger partial charge on any atom is -0.339 e. The first-order valence-electron chi connectivity index (χ1n) is 10.8. The Labute approximate surface area is 189 Å². The SMILES string of the molecule is CC1CCCN(C(=O)c2ccc(N(Cc3ccccc3)S(=O)(=O)c3cn(C)cn3)cc2)C1. The second kappa shape index (κ2) is 9.16. The van der Waals surface area contributed by atoms with Crippen molar-refractivity contribution in [3.8, 4) is 0 Å². The van der Waals surface area contributed by atoms with E-state index in [0.717, 1.165) is 31.5 Å². The molecule has 0 spiro atoms. The largest absolute Gasteiger partial charge is 0.339 e. The van der Waals surface area contributed by atoms with Crippen LogP contribution in [0.2, 0.25) is 0 Å². The molecule has 32 heavy (non-hydrogen) atoms. The van der Waals surface area contributed by atoms with Crippen LogP contribution in [-0.2, 0) is 23.6 Å². The van der Waals surface area contributed by atoms with Crippen LogP contribution in [-0.4, -0.2) is 41.9 Å². The number of hydrogen-bond acceptors (Lipinski definition) is 4. The fourth-order valence-corrected chi connectivity index (χ4v) is 5.45. The number of rotatable bonds is 6. The molecular weight excluding hydrogens is 424 g/mol. The van der Waals surface area contributed by atoms with E-state index in [2.05, 4.69) is 11.9 Å². The quantitative estimate of drug-likeness (QED) is 0.572. The molecule has 0 bridgehead atoms. The lowest BCUT2D eigenvalue weighted by atomic mass is 9.99. The zero-order valence-electron chi connectivity index (χ0n) is 18.4. The monoisotopic (exact) mass is 452 g/mol. The highest BCUT2D eigenvalue weighted by Gasteiger charge is 2.28. The molecule has 0 aliphatic carbocycles. The summed E-state index contributed by atoms with van der Waals surface area (Å²) >= 11 is 0. The van der Waals surface area contributed by atoms with Gasteiger partial charge in [0.05, 0.1) is 18.6 Å². The Morgan fingerprint density at radius 1 is 1.12 bits per heavy atom. The number of benzene rings is 2. The zero-order chi connectivity index (χ0) is 22.7. The molecule has 0 saturated carbocycles. The number of hydrogen-bond donors (Lipinski definition) is 0. The third-order valence-electron chi connectivity index (χ3n) is 5.75. The molecule has 1 amide bonds. The number of aromatic nitrogens is 2. The van der Waals surface area contributed by atoms with E-state index < -0.39 is 10.0 Å². The minimum absolute atomic E-state index is 0.00899. The average Bonchev–Trinajstić information content (AvgIpc) is 3.25. The van der Waals surface area contributed by atoms with Crippen LogP contribution in [0.1, 0.15) is 35.7 Å². The van der Waals surface area contributed by atoms with E-state index in [4.69, 9.17) is 0 Å². The molecule has 0 radical (unpaired) electrons. The molecule has 1 aromatic heterocycles. The van der Waals surface area contributed by atoms with E-state index >= 15 is 0 Å². The highest BCUT2D eigenvalue weighted by molar-refractivity contribution is 7.92. The fourth-order valence-electron chi connectivity index (χ4n) is 4.03. The lowest BCUT2D eigenvalue weighted by Gasteiger charge is -2.31. The third-order valence-corrected chi connectivity index (χ3v) is 7.41. The van der Waals surface area contributed by atoms with Crippen molar-refractivity contribution in [2.45, 2.75) is 31.3 Å². The molecule has 1 fully saturated rings. The number of anilines is 1. The van der Waals surface area contributed by atoms with Crippen LogP contribution >= 0.6 is 0 Å². The molecule has 4 rings (SSSR count). The number of carbonyl (C=O) groups excluding carboxylic acids is 1. The lowest BCUT2D eigenvalue weighted by Crippen LogP contribution is -2.39. The highest BCUT2D eigenvalue weighted by Crippen LogP contribution is 2.26. The molecule has 1 aliphatic rings.